The van der Waals surface area contributed by atoms with Gasteiger partial charge in [-0.3, -0.25) is 4.79 Å². The number of rotatable bonds is 5. The van der Waals surface area contributed by atoms with E-state index < -0.39 is 0 Å². The zero-order valence-corrected chi connectivity index (χ0v) is 18.4. The Morgan fingerprint density at radius 2 is 1.79 bits per heavy atom. The molecule has 168 valence electrons. The van der Waals surface area contributed by atoms with Crippen molar-refractivity contribution in [3.63, 3.8) is 0 Å². The first-order valence-electron chi connectivity index (χ1n) is 10.8. The average molecular weight is 446 g/mol. The summed E-state index contributed by atoms with van der Waals surface area (Å²) >= 11 is 0. The Hall–Kier alpha value is -3.87. The molecule has 4 aromatic rings. The Balaban J connectivity index is 1.46. The molecule has 2 heterocycles. The van der Waals surface area contributed by atoms with Gasteiger partial charge in [-0.2, -0.15) is 0 Å². The van der Waals surface area contributed by atoms with Crippen LogP contribution in [-0.2, 0) is 0 Å². The van der Waals surface area contributed by atoms with Gasteiger partial charge in [0.2, 0.25) is 5.89 Å². The number of ether oxygens (including phenoxy) is 2. The monoisotopic (exact) mass is 446 g/mol. The van der Waals surface area contributed by atoms with Crippen molar-refractivity contribution in [3.8, 4) is 22.6 Å². The second-order valence-electron chi connectivity index (χ2n) is 8.00. The van der Waals surface area contributed by atoms with Crippen LogP contribution in [0.5, 0.6) is 11.5 Å². The molecule has 1 amide bonds. The fourth-order valence-corrected chi connectivity index (χ4v) is 4.30. The predicted molar refractivity (Wildman–Crippen MR) is 122 cm³/mol. The predicted octanol–water partition coefficient (Wildman–Crippen LogP) is 5.63. The average Bonchev–Trinajstić information content (AvgIpc) is 3.49. The van der Waals surface area contributed by atoms with E-state index in [4.69, 9.17) is 18.9 Å². The maximum absolute atomic E-state index is 13.6. The van der Waals surface area contributed by atoms with Gasteiger partial charge in [-0.1, -0.05) is 18.2 Å². The van der Waals surface area contributed by atoms with Crippen molar-refractivity contribution in [1.29, 1.82) is 0 Å². The maximum atomic E-state index is 13.6. The molecule has 1 aliphatic heterocycles. The molecule has 3 aromatic carbocycles. The SMILES string of the molecule is COc1cc(OC)cc(C(=O)N2CCCC2c2nc3cc(-c4cccc(F)c4)ccc3o2)c1. The van der Waals surface area contributed by atoms with E-state index in [0.717, 1.165) is 24.0 Å². The third kappa shape index (κ3) is 4.02. The Morgan fingerprint density at radius 1 is 1.03 bits per heavy atom. The van der Waals surface area contributed by atoms with Crippen molar-refractivity contribution in [2.45, 2.75) is 18.9 Å². The quantitative estimate of drug-likeness (QED) is 0.398. The summed E-state index contributed by atoms with van der Waals surface area (Å²) in [5.41, 5.74) is 3.42. The topological polar surface area (TPSA) is 64.8 Å². The van der Waals surface area contributed by atoms with Gasteiger partial charge in [-0.05, 0) is 60.4 Å². The molecular formula is C26H23FN2O4. The van der Waals surface area contributed by atoms with Crippen LogP contribution in [0.25, 0.3) is 22.2 Å². The minimum Gasteiger partial charge on any atom is -0.497 e. The molecule has 1 aliphatic rings. The molecule has 0 radical (unpaired) electrons. The van der Waals surface area contributed by atoms with E-state index in [1.165, 1.54) is 12.1 Å². The van der Waals surface area contributed by atoms with E-state index in [1.807, 2.05) is 24.3 Å². The zero-order valence-electron chi connectivity index (χ0n) is 18.4. The summed E-state index contributed by atoms with van der Waals surface area (Å²) in [7, 11) is 3.11. The molecule has 1 saturated heterocycles. The summed E-state index contributed by atoms with van der Waals surface area (Å²) in [5.74, 6) is 1.20. The van der Waals surface area contributed by atoms with Gasteiger partial charge in [0.15, 0.2) is 5.58 Å². The lowest BCUT2D eigenvalue weighted by Crippen LogP contribution is -2.30. The number of aromatic nitrogens is 1. The van der Waals surface area contributed by atoms with Crippen LogP contribution < -0.4 is 9.47 Å². The lowest BCUT2D eigenvalue weighted by atomic mass is 10.1. The van der Waals surface area contributed by atoms with E-state index in [-0.39, 0.29) is 17.8 Å². The molecule has 0 bridgehead atoms. The summed E-state index contributed by atoms with van der Waals surface area (Å²) in [6.45, 7) is 0.607. The zero-order chi connectivity index (χ0) is 22.9. The van der Waals surface area contributed by atoms with Crippen LogP contribution in [0.2, 0.25) is 0 Å². The highest BCUT2D eigenvalue weighted by Gasteiger charge is 2.34. The fraction of sp³-hybridized carbons (Fsp3) is 0.231. The first-order chi connectivity index (χ1) is 16.1. The minimum atomic E-state index is -0.289. The Kier molecular flexibility index (Phi) is 5.46. The number of carbonyl (C=O) groups is 1. The van der Waals surface area contributed by atoms with Crippen molar-refractivity contribution in [3.05, 3.63) is 77.9 Å². The highest BCUT2D eigenvalue weighted by atomic mass is 19.1. The summed E-state index contributed by atoms with van der Waals surface area (Å²) in [6.07, 6.45) is 1.61. The van der Waals surface area contributed by atoms with Crippen LogP contribution in [0, 0.1) is 5.82 Å². The van der Waals surface area contributed by atoms with Gasteiger partial charge in [0.25, 0.3) is 5.91 Å². The van der Waals surface area contributed by atoms with E-state index in [2.05, 4.69) is 0 Å². The number of likely N-dealkylation sites (tertiary alicyclic amines) is 1. The molecule has 0 spiro atoms. The standard InChI is InChI=1S/C26H23FN2O4/c1-31-20-12-18(13-21(15-20)32-2)26(30)29-10-4-7-23(29)25-28-22-14-17(8-9-24(22)33-25)16-5-3-6-19(27)11-16/h3,5-6,8-9,11-15,23H,4,7,10H2,1-2H3. The second-order valence-corrected chi connectivity index (χ2v) is 8.00. The number of nitrogens with zero attached hydrogens (tertiary/aromatic N) is 2. The van der Waals surface area contributed by atoms with Crippen molar-refractivity contribution >= 4 is 17.0 Å². The third-order valence-corrected chi connectivity index (χ3v) is 5.96. The molecule has 1 unspecified atom stereocenters. The second kappa shape index (κ2) is 8.58. The van der Waals surface area contributed by atoms with Gasteiger partial charge in [0.05, 0.1) is 14.2 Å². The highest BCUT2D eigenvalue weighted by molar-refractivity contribution is 5.95. The van der Waals surface area contributed by atoms with Crippen molar-refractivity contribution in [1.82, 2.24) is 9.88 Å². The number of carbonyl (C=O) groups excluding carboxylic acids is 1. The number of hydrogen-bond acceptors (Lipinski definition) is 5. The van der Waals surface area contributed by atoms with Crippen LogP contribution in [0.15, 0.2) is 65.1 Å². The van der Waals surface area contributed by atoms with Crippen molar-refractivity contribution in [2.75, 3.05) is 20.8 Å². The Bertz CT molecular complexity index is 1310. The minimum absolute atomic E-state index is 0.127. The lowest BCUT2D eigenvalue weighted by Gasteiger charge is -2.22. The number of oxazole rings is 1. The van der Waals surface area contributed by atoms with E-state index in [1.54, 1.807) is 43.4 Å². The molecule has 1 fully saturated rings. The summed E-state index contributed by atoms with van der Waals surface area (Å²) < 4.78 is 30.3. The molecule has 7 heteroatoms. The van der Waals surface area contributed by atoms with Crippen LogP contribution in [0.3, 0.4) is 0 Å². The summed E-state index contributed by atoms with van der Waals surface area (Å²) in [6, 6.07) is 16.9. The first-order valence-corrected chi connectivity index (χ1v) is 10.8. The molecule has 1 atom stereocenters. The molecule has 5 rings (SSSR count). The molecule has 0 saturated carbocycles. The molecule has 0 aliphatic carbocycles. The van der Waals surface area contributed by atoms with Crippen molar-refractivity contribution in [2.24, 2.45) is 0 Å². The molecular weight excluding hydrogens is 423 g/mol. The fourth-order valence-electron chi connectivity index (χ4n) is 4.30. The number of amides is 1. The molecule has 1 aromatic heterocycles. The van der Waals surface area contributed by atoms with Crippen LogP contribution in [0.4, 0.5) is 4.39 Å². The van der Waals surface area contributed by atoms with Gasteiger partial charge in [0.1, 0.15) is 28.9 Å². The highest BCUT2D eigenvalue weighted by Crippen LogP contribution is 2.36. The number of fused-ring (bicyclic) bond motifs is 1. The first kappa shape index (κ1) is 21.0. The van der Waals surface area contributed by atoms with Crippen LogP contribution >= 0.6 is 0 Å². The van der Waals surface area contributed by atoms with Crippen LogP contribution in [0.1, 0.15) is 35.1 Å². The molecule has 6 nitrogen and oxygen atoms in total. The van der Waals surface area contributed by atoms with Gasteiger partial charge in [-0.25, -0.2) is 9.37 Å². The van der Waals surface area contributed by atoms with Gasteiger partial charge in [-0.15, -0.1) is 0 Å². The summed E-state index contributed by atoms with van der Waals surface area (Å²) in [5, 5.41) is 0. The van der Waals surface area contributed by atoms with Crippen molar-refractivity contribution < 1.29 is 23.1 Å². The van der Waals surface area contributed by atoms with Gasteiger partial charge >= 0.3 is 0 Å². The van der Waals surface area contributed by atoms with Crippen LogP contribution in [-0.4, -0.2) is 36.6 Å². The number of halogens is 1. The third-order valence-electron chi connectivity index (χ3n) is 5.96. The summed E-state index contributed by atoms with van der Waals surface area (Å²) in [4.78, 5) is 19.8. The number of hydrogen-bond donors (Lipinski definition) is 0. The Labute approximate surface area is 190 Å². The maximum Gasteiger partial charge on any atom is 0.254 e. The number of benzene rings is 3. The van der Waals surface area contributed by atoms with Gasteiger partial charge < -0.3 is 18.8 Å². The number of methoxy groups -OCH3 is 2. The molecule has 33 heavy (non-hydrogen) atoms. The normalized spacial score (nSPS) is 15.7. The Morgan fingerprint density at radius 3 is 2.52 bits per heavy atom. The largest absolute Gasteiger partial charge is 0.497 e. The van der Waals surface area contributed by atoms with E-state index >= 15 is 0 Å². The molecule has 0 N–H and O–H groups in total. The van der Waals surface area contributed by atoms with Gasteiger partial charge in [0, 0.05) is 18.2 Å². The lowest BCUT2D eigenvalue weighted by molar-refractivity contribution is 0.0716. The van der Waals surface area contributed by atoms with E-state index in [9.17, 15) is 9.18 Å². The smallest absolute Gasteiger partial charge is 0.254 e. The van der Waals surface area contributed by atoms with E-state index in [0.29, 0.717) is 40.6 Å².